The lowest BCUT2D eigenvalue weighted by Crippen LogP contribution is -2.31. The molecular formula is C19H15ClF3N3O. The highest BCUT2D eigenvalue weighted by Gasteiger charge is 2.31. The van der Waals surface area contributed by atoms with Gasteiger partial charge in [0.05, 0.1) is 5.56 Å². The molecule has 1 atom stereocenters. The molecule has 27 heavy (non-hydrogen) atoms. The molecule has 3 aromatic rings. The monoisotopic (exact) mass is 393 g/mol. The number of hydrogen-bond acceptors (Lipinski definition) is 2. The Morgan fingerprint density at radius 3 is 2.48 bits per heavy atom. The molecule has 0 aliphatic carbocycles. The van der Waals surface area contributed by atoms with Gasteiger partial charge in [-0.25, -0.2) is 4.98 Å². The number of amides is 1. The Bertz CT molecular complexity index is 951. The van der Waals surface area contributed by atoms with Gasteiger partial charge in [0.15, 0.2) is 0 Å². The van der Waals surface area contributed by atoms with E-state index in [2.05, 4.69) is 10.3 Å². The molecule has 0 saturated carbocycles. The number of nitrogens with one attached hydrogen (secondary N) is 1. The van der Waals surface area contributed by atoms with Gasteiger partial charge < -0.3 is 9.88 Å². The number of nitrogens with zero attached hydrogens (tertiary/aromatic N) is 2. The number of benzene rings is 2. The van der Waals surface area contributed by atoms with Crippen LogP contribution in [-0.4, -0.2) is 15.5 Å². The van der Waals surface area contributed by atoms with Crippen molar-refractivity contribution >= 4 is 17.5 Å². The normalized spacial score (nSPS) is 12.6. The molecule has 1 N–H and O–H groups in total. The fraction of sp³-hybridized carbons (Fsp3) is 0.158. The number of imidazole rings is 1. The van der Waals surface area contributed by atoms with E-state index >= 15 is 0 Å². The van der Waals surface area contributed by atoms with E-state index in [1.807, 2.05) is 0 Å². The van der Waals surface area contributed by atoms with E-state index in [0.717, 1.165) is 12.1 Å². The Kier molecular flexibility index (Phi) is 5.23. The van der Waals surface area contributed by atoms with Crippen LogP contribution in [0.4, 0.5) is 13.2 Å². The quantitative estimate of drug-likeness (QED) is 0.703. The summed E-state index contributed by atoms with van der Waals surface area (Å²) < 4.78 is 40.5. The average molecular weight is 394 g/mol. The van der Waals surface area contributed by atoms with Gasteiger partial charge in [-0.05, 0) is 35.9 Å². The van der Waals surface area contributed by atoms with Crippen molar-refractivity contribution in [3.05, 3.63) is 88.5 Å². The van der Waals surface area contributed by atoms with E-state index in [9.17, 15) is 18.0 Å². The fourth-order valence-corrected chi connectivity index (χ4v) is 2.78. The van der Waals surface area contributed by atoms with E-state index in [4.69, 9.17) is 11.6 Å². The topological polar surface area (TPSA) is 46.9 Å². The van der Waals surface area contributed by atoms with Crippen molar-refractivity contribution in [2.24, 2.45) is 7.05 Å². The van der Waals surface area contributed by atoms with Crippen molar-refractivity contribution in [1.29, 1.82) is 0 Å². The number of halogens is 4. The average Bonchev–Trinajstić information content (AvgIpc) is 3.05. The summed E-state index contributed by atoms with van der Waals surface area (Å²) in [6, 6.07) is 10.4. The lowest BCUT2D eigenvalue weighted by molar-refractivity contribution is -0.137. The maximum Gasteiger partial charge on any atom is 0.416 e. The zero-order valence-corrected chi connectivity index (χ0v) is 14.9. The summed E-state index contributed by atoms with van der Waals surface area (Å²) in [5.41, 5.74) is -0.262. The molecule has 0 radical (unpaired) electrons. The van der Waals surface area contributed by atoms with Crippen LogP contribution in [-0.2, 0) is 13.2 Å². The molecule has 0 aliphatic rings. The van der Waals surface area contributed by atoms with Crippen molar-refractivity contribution in [1.82, 2.24) is 14.9 Å². The first-order chi connectivity index (χ1) is 12.8. The van der Waals surface area contributed by atoms with E-state index in [0.29, 0.717) is 16.4 Å². The highest BCUT2D eigenvalue weighted by molar-refractivity contribution is 6.30. The number of carbonyl (C=O) groups is 1. The predicted octanol–water partition coefficient (Wildman–Crippen LogP) is 4.61. The van der Waals surface area contributed by atoms with Crippen LogP contribution in [0, 0.1) is 0 Å². The third-order valence-corrected chi connectivity index (χ3v) is 4.30. The van der Waals surface area contributed by atoms with Crippen molar-refractivity contribution in [3.63, 3.8) is 0 Å². The summed E-state index contributed by atoms with van der Waals surface area (Å²) in [7, 11) is 1.77. The van der Waals surface area contributed by atoms with Crippen LogP contribution < -0.4 is 5.32 Å². The van der Waals surface area contributed by atoms with Crippen LogP contribution in [0.5, 0.6) is 0 Å². The second-order valence-electron chi connectivity index (χ2n) is 5.93. The maximum absolute atomic E-state index is 12.9. The molecule has 0 aliphatic heterocycles. The number of aryl methyl sites for hydroxylation is 1. The molecule has 140 valence electrons. The third-order valence-electron chi connectivity index (χ3n) is 4.05. The first-order valence-electron chi connectivity index (χ1n) is 7.96. The summed E-state index contributed by atoms with van der Waals surface area (Å²) in [5, 5.41) is 3.29. The molecule has 4 nitrogen and oxygen atoms in total. The molecule has 2 aromatic carbocycles. The molecule has 8 heteroatoms. The van der Waals surface area contributed by atoms with E-state index in [1.54, 1.807) is 48.3 Å². The molecule has 0 bridgehead atoms. The van der Waals surface area contributed by atoms with Crippen molar-refractivity contribution in [3.8, 4) is 0 Å². The number of alkyl halides is 3. The van der Waals surface area contributed by atoms with Gasteiger partial charge >= 0.3 is 6.18 Å². The summed E-state index contributed by atoms with van der Waals surface area (Å²) in [6.45, 7) is 0. The predicted molar refractivity (Wildman–Crippen MR) is 95.4 cm³/mol. The molecule has 0 spiro atoms. The molecule has 0 fully saturated rings. The van der Waals surface area contributed by atoms with Crippen LogP contribution in [0.2, 0.25) is 5.02 Å². The third kappa shape index (κ3) is 4.31. The molecule has 1 aromatic heterocycles. The Morgan fingerprint density at radius 1 is 1.19 bits per heavy atom. The van der Waals surface area contributed by atoms with Gasteiger partial charge in [0.2, 0.25) is 0 Å². The van der Waals surface area contributed by atoms with Gasteiger partial charge in [0.25, 0.3) is 5.91 Å². The molecule has 1 heterocycles. The lowest BCUT2D eigenvalue weighted by atomic mass is 10.0. The van der Waals surface area contributed by atoms with Crippen molar-refractivity contribution in [2.75, 3.05) is 0 Å². The second-order valence-corrected chi connectivity index (χ2v) is 6.37. The fourth-order valence-electron chi connectivity index (χ4n) is 2.66. The second kappa shape index (κ2) is 7.44. The number of rotatable bonds is 4. The summed E-state index contributed by atoms with van der Waals surface area (Å²) >= 11 is 5.92. The minimum absolute atomic E-state index is 0.0852. The number of aromatic nitrogens is 2. The molecule has 0 saturated heterocycles. The summed E-state index contributed by atoms with van der Waals surface area (Å²) in [5.74, 6) is -0.0956. The van der Waals surface area contributed by atoms with Crippen LogP contribution in [0.25, 0.3) is 0 Å². The highest BCUT2D eigenvalue weighted by Crippen LogP contribution is 2.30. The van der Waals surface area contributed by atoms with Crippen LogP contribution in [0.1, 0.15) is 33.4 Å². The Hall–Kier alpha value is -2.80. The Morgan fingerprint density at radius 2 is 1.89 bits per heavy atom. The maximum atomic E-state index is 12.9. The lowest BCUT2D eigenvalue weighted by Gasteiger charge is -2.19. The first-order valence-corrected chi connectivity index (χ1v) is 8.34. The Balaban J connectivity index is 1.94. The highest BCUT2D eigenvalue weighted by atomic mass is 35.5. The molecule has 1 amide bonds. The van der Waals surface area contributed by atoms with Crippen LogP contribution in [0.15, 0.2) is 60.9 Å². The Labute approximate surface area is 158 Å². The van der Waals surface area contributed by atoms with Crippen LogP contribution >= 0.6 is 11.6 Å². The standard InChI is InChI=1S/C19H15ClF3N3O/c1-26-10-9-24-17(26)16(12-5-7-15(20)8-6-12)25-18(27)13-3-2-4-14(11-13)19(21,22)23/h2-11,16H,1H3,(H,25,27)/t16-/m1/s1. The number of hydrogen-bond donors (Lipinski definition) is 1. The SMILES string of the molecule is Cn1ccnc1[C@H](NC(=O)c1cccc(C(F)(F)F)c1)c1ccc(Cl)cc1. The van der Waals surface area contributed by atoms with Gasteiger partial charge in [-0.3, -0.25) is 4.79 Å². The van der Waals surface area contributed by atoms with Gasteiger partial charge in [-0.2, -0.15) is 13.2 Å². The van der Waals surface area contributed by atoms with Crippen molar-refractivity contribution < 1.29 is 18.0 Å². The molecule has 0 unspecified atom stereocenters. The van der Waals surface area contributed by atoms with E-state index in [1.165, 1.54) is 12.1 Å². The minimum Gasteiger partial charge on any atom is -0.338 e. The first kappa shape index (κ1) is 19.0. The van der Waals surface area contributed by atoms with Gasteiger partial charge in [-0.15, -0.1) is 0 Å². The minimum atomic E-state index is -4.52. The zero-order chi connectivity index (χ0) is 19.6. The van der Waals surface area contributed by atoms with Crippen molar-refractivity contribution in [2.45, 2.75) is 12.2 Å². The summed E-state index contributed by atoms with van der Waals surface area (Å²) in [6.07, 6.45) is -1.23. The molecular weight excluding hydrogens is 379 g/mol. The van der Waals surface area contributed by atoms with E-state index in [-0.39, 0.29) is 5.56 Å². The number of carbonyl (C=O) groups excluding carboxylic acids is 1. The van der Waals surface area contributed by atoms with Gasteiger partial charge in [0, 0.05) is 30.0 Å². The smallest absolute Gasteiger partial charge is 0.338 e. The van der Waals surface area contributed by atoms with Crippen LogP contribution in [0.3, 0.4) is 0 Å². The van der Waals surface area contributed by atoms with Gasteiger partial charge in [-0.1, -0.05) is 29.8 Å². The zero-order valence-electron chi connectivity index (χ0n) is 14.2. The largest absolute Gasteiger partial charge is 0.416 e. The molecule has 3 rings (SSSR count). The van der Waals surface area contributed by atoms with E-state index < -0.39 is 23.7 Å². The van der Waals surface area contributed by atoms with Gasteiger partial charge in [0.1, 0.15) is 11.9 Å². The summed E-state index contributed by atoms with van der Waals surface area (Å²) in [4.78, 5) is 16.9.